The lowest BCUT2D eigenvalue weighted by Gasteiger charge is -2.31. The molecule has 0 saturated carbocycles. The number of nitrogens with zero attached hydrogens (tertiary/aromatic N) is 2. The molecule has 12 aromatic rings. The summed E-state index contributed by atoms with van der Waals surface area (Å²) in [7, 11) is 0. The summed E-state index contributed by atoms with van der Waals surface area (Å²) in [4.78, 5) is 4.80. The van der Waals surface area contributed by atoms with Crippen LogP contribution in [-0.2, 0) is 0 Å². The van der Waals surface area contributed by atoms with Crippen LogP contribution in [0.25, 0.3) is 77.2 Å². The van der Waals surface area contributed by atoms with Gasteiger partial charge in [0.2, 0.25) is 0 Å². The second-order valence-electron chi connectivity index (χ2n) is 16.9. The van der Waals surface area contributed by atoms with Crippen molar-refractivity contribution < 1.29 is 4.42 Å². The van der Waals surface area contributed by atoms with Crippen molar-refractivity contribution in [3.8, 4) is 44.5 Å². The van der Waals surface area contributed by atoms with E-state index in [1.165, 1.54) is 16.7 Å². The number of fused-ring (bicyclic) bond motifs is 4. The lowest BCUT2D eigenvalue weighted by Crippen LogP contribution is -2.14. The molecule has 0 aliphatic heterocycles. The molecule has 3 heteroatoms. The van der Waals surface area contributed by atoms with Crippen LogP contribution in [0.4, 0.5) is 34.1 Å². The summed E-state index contributed by atoms with van der Waals surface area (Å²) in [6.45, 7) is 0. The van der Waals surface area contributed by atoms with Gasteiger partial charge in [0, 0.05) is 34.1 Å². The van der Waals surface area contributed by atoms with E-state index in [9.17, 15) is 0 Å². The van der Waals surface area contributed by atoms with Gasteiger partial charge in [-0.1, -0.05) is 200 Å². The highest BCUT2D eigenvalue weighted by atomic mass is 16.3. The Morgan fingerprint density at radius 3 is 1.40 bits per heavy atom. The number of hydrogen-bond donors (Lipinski definition) is 0. The molecule has 11 aromatic carbocycles. The standard InChI is InChI=1S/C64H44N2O/c1-6-20-45(21-7-1)46-34-36-53(37-35-46)66(60-33-19-18-32-57(60)48-24-10-3-11-25-48)61-43-55(44-63-64(61)59-40-50-28-16-17-29-51(50)41-62(59)67-63)65(52-30-14-5-15-31-52)54-38-39-56(47-22-8-2-9-23-47)58(42-54)49-26-12-4-13-27-49/h1-44H. The first-order valence-corrected chi connectivity index (χ1v) is 22.8. The van der Waals surface area contributed by atoms with Gasteiger partial charge in [-0.3, -0.25) is 0 Å². The first-order chi connectivity index (χ1) is 33.2. The predicted molar refractivity (Wildman–Crippen MR) is 282 cm³/mol. The van der Waals surface area contributed by atoms with Crippen LogP contribution in [0.15, 0.2) is 271 Å². The fourth-order valence-electron chi connectivity index (χ4n) is 9.65. The third-order valence-electron chi connectivity index (χ3n) is 12.8. The summed E-state index contributed by atoms with van der Waals surface area (Å²) in [5.74, 6) is 0. The van der Waals surface area contributed by atoms with E-state index in [0.717, 1.165) is 94.7 Å². The molecule has 0 bridgehead atoms. The molecule has 12 rings (SSSR count). The van der Waals surface area contributed by atoms with Crippen LogP contribution >= 0.6 is 0 Å². The number of para-hydroxylation sites is 2. The number of rotatable bonds is 10. The van der Waals surface area contributed by atoms with Crippen LogP contribution in [-0.4, -0.2) is 0 Å². The predicted octanol–water partition coefficient (Wildman–Crippen LogP) is 18.3. The third-order valence-corrected chi connectivity index (χ3v) is 12.8. The maximum absolute atomic E-state index is 7.09. The van der Waals surface area contributed by atoms with E-state index >= 15 is 0 Å². The first-order valence-electron chi connectivity index (χ1n) is 22.8. The SMILES string of the molecule is c1ccc(-c2ccc(N(c3ccccc3-c3ccccc3)c3cc(N(c4ccccc4)c4ccc(-c5ccccc5)c(-c5ccccc5)c4)cc4oc5cc6ccccc6cc5c34)cc2)cc1. The summed E-state index contributed by atoms with van der Waals surface area (Å²) >= 11 is 0. The van der Waals surface area contributed by atoms with E-state index in [4.69, 9.17) is 4.42 Å². The van der Waals surface area contributed by atoms with Gasteiger partial charge in [-0.15, -0.1) is 0 Å². The molecule has 0 spiro atoms. The molecule has 0 aliphatic carbocycles. The van der Waals surface area contributed by atoms with Crippen molar-refractivity contribution in [1.29, 1.82) is 0 Å². The molecule has 1 heterocycles. The molecule has 3 nitrogen and oxygen atoms in total. The Labute approximate surface area is 390 Å². The lowest BCUT2D eigenvalue weighted by atomic mass is 9.93. The fraction of sp³-hybridized carbons (Fsp3) is 0. The molecule has 67 heavy (non-hydrogen) atoms. The van der Waals surface area contributed by atoms with Crippen molar-refractivity contribution in [3.63, 3.8) is 0 Å². The number of benzene rings is 11. The molecular weight excluding hydrogens is 813 g/mol. The van der Waals surface area contributed by atoms with Gasteiger partial charge in [0.25, 0.3) is 0 Å². The maximum Gasteiger partial charge on any atom is 0.139 e. The zero-order valence-corrected chi connectivity index (χ0v) is 36.7. The minimum Gasteiger partial charge on any atom is -0.456 e. The fourth-order valence-corrected chi connectivity index (χ4v) is 9.65. The zero-order valence-electron chi connectivity index (χ0n) is 36.7. The van der Waals surface area contributed by atoms with E-state index in [1.807, 2.05) is 0 Å². The van der Waals surface area contributed by atoms with Gasteiger partial charge < -0.3 is 14.2 Å². The van der Waals surface area contributed by atoms with Crippen LogP contribution in [0.5, 0.6) is 0 Å². The smallest absolute Gasteiger partial charge is 0.139 e. The molecule has 0 atom stereocenters. The number of furan rings is 1. The van der Waals surface area contributed by atoms with Gasteiger partial charge in [-0.25, -0.2) is 0 Å². The third kappa shape index (κ3) is 7.49. The number of anilines is 6. The van der Waals surface area contributed by atoms with Crippen LogP contribution in [0.2, 0.25) is 0 Å². The molecule has 0 aliphatic rings. The topological polar surface area (TPSA) is 19.6 Å². The summed E-state index contributed by atoms with van der Waals surface area (Å²) < 4.78 is 7.09. The summed E-state index contributed by atoms with van der Waals surface area (Å²) in [6.07, 6.45) is 0. The Morgan fingerprint density at radius 1 is 0.254 bits per heavy atom. The van der Waals surface area contributed by atoms with Gasteiger partial charge in [-0.05, 0) is 110 Å². The van der Waals surface area contributed by atoms with Crippen molar-refractivity contribution in [2.24, 2.45) is 0 Å². The zero-order chi connectivity index (χ0) is 44.5. The average Bonchev–Trinajstić information content (AvgIpc) is 3.77. The van der Waals surface area contributed by atoms with E-state index in [2.05, 4.69) is 277 Å². The molecule has 316 valence electrons. The van der Waals surface area contributed by atoms with Gasteiger partial charge in [-0.2, -0.15) is 0 Å². The highest BCUT2D eigenvalue weighted by molar-refractivity contribution is 6.18. The van der Waals surface area contributed by atoms with Crippen molar-refractivity contribution >= 4 is 66.8 Å². The van der Waals surface area contributed by atoms with Crippen LogP contribution in [0.3, 0.4) is 0 Å². The first kappa shape index (κ1) is 39.7. The largest absolute Gasteiger partial charge is 0.456 e. The second kappa shape index (κ2) is 17.2. The van der Waals surface area contributed by atoms with Gasteiger partial charge in [0.15, 0.2) is 0 Å². The number of hydrogen-bond acceptors (Lipinski definition) is 3. The van der Waals surface area contributed by atoms with E-state index < -0.39 is 0 Å². The van der Waals surface area contributed by atoms with Gasteiger partial charge in [0.1, 0.15) is 11.2 Å². The molecule has 0 unspecified atom stereocenters. The molecule has 0 amide bonds. The minimum atomic E-state index is 0.797. The van der Waals surface area contributed by atoms with Gasteiger partial charge >= 0.3 is 0 Å². The molecule has 1 aromatic heterocycles. The van der Waals surface area contributed by atoms with Crippen molar-refractivity contribution in [2.45, 2.75) is 0 Å². The van der Waals surface area contributed by atoms with Crippen molar-refractivity contribution in [2.75, 3.05) is 9.80 Å². The Kier molecular flexibility index (Phi) is 10.2. The highest BCUT2D eigenvalue weighted by Crippen LogP contribution is 2.50. The highest BCUT2D eigenvalue weighted by Gasteiger charge is 2.26. The van der Waals surface area contributed by atoms with E-state index in [0.29, 0.717) is 0 Å². The van der Waals surface area contributed by atoms with E-state index in [1.54, 1.807) is 0 Å². The van der Waals surface area contributed by atoms with E-state index in [-0.39, 0.29) is 0 Å². The second-order valence-corrected chi connectivity index (χ2v) is 16.9. The van der Waals surface area contributed by atoms with Crippen molar-refractivity contribution in [3.05, 3.63) is 267 Å². The summed E-state index contributed by atoms with van der Waals surface area (Å²) in [5.41, 5.74) is 17.0. The summed E-state index contributed by atoms with van der Waals surface area (Å²) in [6, 6.07) is 95.6. The Balaban J connectivity index is 1.16. The Morgan fingerprint density at radius 2 is 0.746 bits per heavy atom. The average molecular weight is 857 g/mol. The molecule has 0 saturated heterocycles. The normalized spacial score (nSPS) is 11.3. The quantitative estimate of drug-likeness (QED) is 0.137. The van der Waals surface area contributed by atoms with Crippen LogP contribution in [0.1, 0.15) is 0 Å². The molecule has 0 radical (unpaired) electrons. The maximum atomic E-state index is 7.09. The van der Waals surface area contributed by atoms with Crippen LogP contribution in [0, 0.1) is 0 Å². The van der Waals surface area contributed by atoms with Crippen LogP contribution < -0.4 is 9.80 Å². The minimum absolute atomic E-state index is 0.797. The Hall–Kier alpha value is -8.92. The van der Waals surface area contributed by atoms with Gasteiger partial charge in [0.05, 0.1) is 22.4 Å². The van der Waals surface area contributed by atoms with Crippen molar-refractivity contribution in [1.82, 2.24) is 0 Å². The monoisotopic (exact) mass is 856 g/mol. The summed E-state index contributed by atoms with van der Waals surface area (Å²) in [5, 5.41) is 4.39. The molecule has 0 fully saturated rings. The molecular formula is C64H44N2O. The lowest BCUT2D eigenvalue weighted by molar-refractivity contribution is 0.669. The Bertz CT molecular complexity index is 3660. The molecule has 0 N–H and O–H groups in total.